The minimum Gasteiger partial charge on any atom is -0.495 e. The maximum absolute atomic E-state index is 13.4. The molecule has 0 radical (unpaired) electrons. The van der Waals surface area contributed by atoms with E-state index in [1.165, 1.54) is 31.2 Å². The molecule has 32 heavy (non-hydrogen) atoms. The Bertz CT molecular complexity index is 1090. The fourth-order valence-electron chi connectivity index (χ4n) is 3.05. The van der Waals surface area contributed by atoms with Crippen LogP contribution >= 0.6 is 23.2 Å². The highest BCUT2D eigenvalue weighted by Gasteiger charge is 2.31. The van der Waals surface area contributed by atoms with Crippen LogP contribution in [0.4, 0.5) is 5.69 Å². The number of methoxy groups -OCH3 is 1. The number of sulfonamides is 1. The second-order valence-corrected chi connectivity index (χ2v) is 9.74. The SMILES string of the molecule is CNC(=O)[C@H](C)N(Cc1ccccc1Cl)C(=O)CN(c1cc(Cl)ccc1OC)S(C)(=O)=O. The Kier molecular flexibility index (Phi) is 8.77. The zero-order valence-electron chi connectivity index (χ0n) is 18.1. The second kappa shape index (κ2) is 10.9. The molecule has 2 rings (SSSR count). The molecule has 1 atom stereocenters. The molecule has 2 amide bonds. The molecular formula is C21H25Cl2N3O5S. The highest BCUT2D eigenvalue weighted by Crippen LogP contribution is 2.33. The summed E-state index contributed by atoms with van der Waals surface area (Å²) in [5.41, 5.74) is 0.727. The first-order chi connectivity index (χ1) is 15.0. The zero-order valence-corrected chi connectivity index (χ0v) is 20.5. The van der Waals surface area contributed by atoms with Crippen molar-refractivity contribution in [1.82, 2.24) is 10.2 Å². The quantitative estimate of drug-likeness (QED) is 0.569. The van der Waals surface area contributed by atoms with Gasteiger partial charge >= 0.3 is 0 Å². The molecule has 0 unspecified atom stereocenters. The molecule has 0 aliphatic heterocycles. The summed E-state index contributed by atoms with van der Waals surface area (Å²) in [6, 6.07) is 10.5. The van der Waals surface area contributed by atoms with Crippen molar-refractivity contribution in [1.29, 1.82) is 0 Å². The number of rotatable bonds is 9. The largest absolute Gasteiger partial charge is 0.495 e. The highest BCUT2D eigenvalue weighted by atomic mass is 35.5. The van der Waals surface area contributed by atoms with Crippen LogP contribution in [0, 0.1) is 0 Å². The van der Waals surface area contributed by atoms with Gasteiger partial charge in [-0.25, -0.2) is 8.42 Å². The maximum atomic E-state index is 13.4. The van der Waals surface area contributed by atoms with Crippen molar-refractivity contribution in [2.75, 3.05) is 31.3 Å². The van der Waals surface area contributed by atoms with Crippen LogP contribution in [-0.4, -0.2) is 58.1 Å². The average molecular weight is 502 g/mol. The first-order valence-electron chi connectivity index (χ1n) is 9.55. The molecule has 0 aliphatic rings. The third-order valence-corrected chi connectivity index (χ3v) is 6.53. The van der Waals surface area contributed by atoms with Gasteiger partial charge in [0.15, 0.2) is 0 Å². The predicted molar refractivity (Wildman–Crippen MR) is 126 cm³/mol. The number of hydrogen-bond donors (Lipinski definition) is 1. The first-order valence-corrected chi connectivity index (χ1v) is 12.2. The Hall–Kier alpha value is -2.49. The Labute approximate surface area is 198 Å². The van der Waals surface area contributed by atoms with Gasteiger partial charge in [-0.1, -0.05) is 41.4 Å². The number of benzene rings is 2. The molecule has 0 aliphatic carbocycles. The number of likely N-dealkylation sites (N-methyl/N-ethyl adjacent to an activating group) is 1. The van der Waals surface area contributed by atoms with E-state index in [1.54, 1.807) is 37.3 Å². The Morgan fingerprint density at radius 2 is 1.81 bits per heavy atom. The van der Waals surface area contributed by atoms with E-state index >= 15 is 0 Å². The van der Waals surface area contributed by atoms with Crippen LogP contribution in [-0.2, 0) is 26.2 Å². The molecule has 174 valence electrons. The van der Waals surface area contributed by atoms with Gasteiger partial charge in [0.2, 0.25) is 21.8 Å². The normalized spacial score (nSPS) is 12.1. The molecular weight excluding hydrogens is 477 g/mol. The molecule has 8 nitrogen and oxygen atoms in total. The number of halogens is 2. The Morgan fingerprint density at radius 1 is 1.16 bits per heavy atom. The van der Waals surface area contributed by atoms with Crippen molar-refractivity contribution in [2.24, 2.45) is 0 Å². The van der Waals surface area contributed by atoms with Gasteiger partial charge in [-0.2, -0.15) is 0 Å². The molecule has 2 aromatic rings. The monoisotopic (exact) mass is 501 g/mol. The van der Waals surface area contributed by atoms with Crippen molar-refractivity contribution >= 4 is 50.7 Å². The molecule has 0 saturated heterocycles. The van der Waals surface area contributed by atoms with Gasteiger partial charge in [0, 0.05) is 23.6 Å². The molecule has 0 heterocycles. The van der Waals surface area contributed by atoms with E-state index < -0.39 is 34.4 Å². The van der Waals surface area contributed by atoms with Gasteiger partial charge in [0.25, 0.3) is 0 Å². The van der Waals surface area contributed by atoms with E-state index in [1.807, 2.05) is 0 Å². The summed E-state index contributed by atoms with van der Waals surface area (Å²) < 4.78 is 31.4. The first kappa shape index (κ1) is 25.8. The van der Waals surface area contributed by atoms with Crippen LogP contribution in [0.15, 0.2) is 42.5 Å². The van der Waals surface area contributed by atoms with E-state index in [0.717, 1.165) is 10.6 Å². The van der Waals surface area contributed by atoms with Crippen molar-refractivity contribution < 1.29 is 22.7 Å². The van der Waals surface area contributed by atoms with Crippen LogP contribution in [0.1, 0.15) is 12.5 Å². The number of anilines is 1. The maximum Gasteiger partial charge on any atom is 0.244 e. The lowest BCUT2D eigenvalue weighted by Gasteiger charge is -2.31. The summed E-state index contributed by atoms with van der Waals surface area (Å²) in [6.07, 6.45) is 0.973. The third-order valence-electron chi connectivity index (χ3n) is 4.80. The fraction of sp³-hybridized carbons (Fsp3) is 0.333. The summed E-state index contributed by atoms with van der Waals surface area (Å²) in [5, 5.41) is 3.20. The summed E-state index contributed by atoms with van der Waals surface area (Å²) in [4.78, 5) is 27.0. The Morgan fingerprint density at radius 3 is 2.38 bits per heavy atom. The molecule has 2 aromatic carbocycles. The number of carbonyl (C=O) groups is 2. The highest BCUT2D eigenvalue weighted by molar-refractivity contribution is 7.92. The van der Waals surface area contributed by atoms with Gasteiger partial charge < -0.3 is 15.0 Å². The smallest absolute Gasteiger partial charge is 0.244 e. The van der Waals surface area contributed by atoms with Crippen LogP contribution in [0.2, 0.25) is 10.0 Å². The molecule has 0 spiro atoms. The van der Waals surface area contributed by atoms with E-state index in [-0.39, 0.29) is 23.0 Å². The summed E-state index contributed by atoms with van der Waals surface area (Å²) in [5.74, 6) is -0.783. The number of nitrogens with zero attached hydrogens (tertiary/aromatic N) is 2. The van der Waals surface area contributed by atoms with Crippen molar-refractivity contribution in [3.8, 4) is 5.75 Å². The van der Waals surface area contributed by atoms with Crippen molar-refractivity contribution in [2.45, 2.75) is 19.5 Å². The number of amides is 2. The number of nitrogens with one attached hydrogen (secondary N) is 1. The van der Waals surface area contributed by atoms with Crippen LogP contribution in [0.25, 0.3) is 0 Å². The second-order valence-electron chi connectivity index (χ2n) is 6.99. The number of carbonyl (C=O) groups excluding carboxylic acids is 2. The van der Waals surface area contributed by atoms with E-state index in [0.29, 0.717) is 10.6 Å². The molecule has 0 aromatic heterocycles. The van der Waals surface area contributed by atoms with Gasteiger partial charge in [0.05, 0.1) is 19.1 Å². The summed E-state index contributed by atoms with van der Waals surface area (Å²) in [6.45, 7) is 0.997. The molecule has 0 saturated carbocycles. The predicted octanol–water partition coefficient (Wildman–Crippen LogP) is 2.93. The van der Waals surface area contributed by atoms with Gasteiger partial charge in [-0.3, -0.25) is 13.9 Å². The minimum absolute atomic E-state index is 0.0113. The fourth-order valence-corrected chi connectivity index (χ4v) is 4.26. The van der Waals surface area contributed by atoms with Gasteiger partial charge in [-0.05, 0) is 36.8 Å². The number of hydrogen-bond acceptors (Lipinski definition) is 5. The topological polar surface area (TPSA) is 96.0 Å². The zero-order chi connectivity index (χ0) is 24.1. The number of ether oxygens (including phenoxy) is 1. The lowest BCUT2D eigenvalue weighted by molar-refractivity contribution is -0.139. The molecule has 1 N–H and O–H groups in total. The van der Waals surface area contributed by atoms with Crippen molar-refractivity contribution in [3.63, 3.8) is 0 Å². The van der Waals surface area contributed by atoms with Crippen LogP contribution < -0.4 is 14.4 Å². The van der Waals surface area contributed by atoms with E-state index in [4.69, 9.17) is 27.9 Å². The van der Waals surface area contributed by atoms with Gasteiger partial charge in [0.1, 0.15) is 18.3 Å². The minimum atomic E-state index is -3.91. The van der Waals surface area contributed by atoms with E-state index in [2.05, 4.69) is 5.32 Å². The third kappa shape index (κ3) is 6.27. The molecule has 0 bridgehead atoms. The lowest BCUT2D eigenvalue weighted by atomic mass is 10.1. The van der Waals surface area contributed by atoms with Crippen LogP contribution in [0.3, 0.4) is 0 Å². The molecule has 11 heteroatoms. The lowest BCUT2D eigenvalue weighted by Crippen LogP contribution is -2.50. The van der Waals surface area contributed by atoms with Gasteiger partial charge in [-0.15, -0.1) is 0 Å². The average Bonchev–Trinajstić information content (AvgIpc) is 2.74. The summed E-state index contributed by atoms with van der Waals surface area (Å²) in [7, 11) is -1.07. The standard InChI is InChI=1S/C21H25Cl2N3O5S/c1-14(21(28)24-2)25(12-15-7-5-6-8-17(15)23)20(27)13-26(32(4,29)30)18-11-16(22)9-10-19(18)31-3/h5-11,14H,12-13H2,1-4H3,(H,24,28)/t14-/m0/s1. The Balaban J connectivity index is 2.47. The van der Waals surface area contributed by atoms with E-state index in [9.17, 15) is 18.0 Å². The summed E-state index contributed by atoms with van der Waals surface area (Å²) >= 11 is 12.3. The van der Waals surface area contributed by atoms with Crippen LogP contribution in [0.5, 0.6) is 5.75 Å². The molecule has 0 fully saturated rings. The van der Waals surface area contributed by atoms with Crippen molar-refractivity contribution in [3.05, 3.63) is 58.1 Å².